The molecular weight excluding hydrogens is 214 g/mol. The van der Waals surface area contributed by atoms with Gasteiger partial charge in [0.1, 0.15) is 12.4 Å². The molecule has 1 heterocycles. The van der Waals surface area contributed by atoms with Gasteiger partial charge in [-0.3, -0.25) is 4.79 Å². The predicted molar refractivity (Wildman–Crippen MR) is 57.2 cm³/mol. The van der Waals surface area contributed by atoms with Crippen LogP contribution in [0, 0.1) is 5.41 Å². The number of fused-ring (bicyclic) bond motifs is 1. The molecule has 1 fully saturated rings. The Balaban J connectivity index is 2.00. The summed E-state index contributed by atoms with van der Waals surface area (Å²) in [7, 11) is 0. The van der Waals surface area contributed by atoms with Gasteiger partial charge in [0.25, 0.3) is 0 Å². The number of hydrogen-bond acceptors (Lipinski definition) is 2. The van der Waals surface area contributed by atoms with E-state index in [1.54, 1.807) is 18.2 Å². The molecule has 1 N–H and O–H groups in total. The van der Waals surface area contributed by atoms with Gasteiger partial charge in [0.15, 0.2) is 0 Å². The smallest absolute Gasteiger partial charge is 0.234 e. The second kappa shape index (κ2) is 2.89. The van der Waals surface area contributed by atoms with E-state index in [9.17, 15) is 4.79 Å². The van der Waals surface area contributed by atoms with E-state index < -0.39 is 0 Å². The van der Waals surface area contributed by atoms with Crippen LogP contribution in [0.3, 0.4) is 0 Å². The summed E-state index contributed by atoms with van der Waals surface area (Å²) in [6.07, 6.45) is 1.83. The molecular formula is C11H10ClNO2. The summed E-state index contributed by atoms with van der Waals surface area (Å²) in [5, 5.41) is 3.50. The van der Waals surface area contributed by atoms with Crippen LogP contribution >= 0.6 is 11.6 Å². The first-order valence-electron chi connectivity index (χ1n) is 4.93. The lowest BCUT2D eigenvalue weighted by molar-refractivity contribution is -0.121. The number of carbonyl (C=O) groups is 1. The molecule has 0 aromatic heterocycles. The first kappa shape index (κ1) is 9.04. The van der Waals surface area contributed by atoms with E-state index in [1.807, 2.05) is 0 Å². The highest BCUT2D eigenvalue weighted by molar-refractivity contribution is 6.30. The number of carbonyl (C=O) groups excluding carboxylic acids is 1. The number of rotatable bonds is 0. The van der Waals surface area contributed by atoms with E-state index in [4.69, 9.17) is 16.3 Å². The number of ether oxygens (including phenoxy) is 1. The van der Waals surface area contributed by atoms with E-state index in [0.29, 0.717) is 23.1 Å². The molecule has 1 aromatic rings. The Hall–Kier alpha value is -1.22. The van der Waals surface area contributed by atoms with Crippen LogP contribution in [0.25, 0.3) is 0 Å². The maximum atomic E-state index is 11.8. The molecule has 0 unspecified atom stereocenters. The molecule has 0 atom stereocenters. The molecule has 3 nitrogen and oxygen atoms in total. The third-order valence-electron chi connectivity index (χ3n) is 3.03. The van der Waals surface area contributed by atoms with Crippen LogP contribution in [0.15, 0.2) is 18.2 Å². The normalized spacial score (nSPS) is 21.3. The Labute approximate surface area is 92.4 Å². The summed E-state index contributed by atoms with van der Waals surface area (Å²) in [6, 6.07) is 5.25. The molecule has 15 heavy (non-hydrogen) atoms. The SMILES string of the molecule is O=C1Nc2ccc(Cl)cc2OCC12CC2. The van der Waals surface area contributed by atoms with E-state index in [2.05, 4.69) is 5.32 Å². The number of halogens is 1. The largest absolute Gasteiger partial charge is 0.490 e. The fourth-order valence-corrected chi connectivity index (χ4v) is 1.94. The molecule has 1 aromatic carbocycles. The summed E-state index contributed by atoms with van der Waals surface area (Å²) in [4.78, 5) is 11.8. The molecule has 0 saturated heterocycles. The molecule has 1 aliphatic carbocycles. The number of benzene rings is 1. The lowest BCUT2D eigenvalue weighted by Crippen LogP contribution is -2.26. The van der Waals surface area contributed by atoms with E-state index >= 15 is 0 Å². The first-order valence-corrected chi connectivity index (χ1v) is 5.31. The van der Waals surface area contributed by atoms with Crippen LogP contribution in [0.5, 0.6) is 5.75 Å². The van der Waals surface area contributed by atoms with Gasteiger partial charge < -0.3 is 10.1 Å². The monoisotopic (exact) mass is 223 g/mol. The van der Waals surface area contributed by atoms with Gasteiger partial charge in [-0.25, -0.2) is 0 Å². The average Bonchev–Trinajstić information content (AvgIpc) is 3.00. The molecule has 1 saturated carbocycles. The standard InChI is InChI=1S/C11H10ClNO2/c12-7-1-2-8-9(5-7)15-6-11(3-4-11)10(14)13-8/h1-2,5H,3-4,6H2,(H,13,14). The average molecular weight is 224 g/mol. The van der Waals surface area contributed by atoms with Crippen molar-refractivity contribution in [3.63, 3.8) is 0 Å². The minimum absolute atomic E-state index is 0.0728. The molecule has 1 spiro atoms. The maximum absolute atomic E-state index is 11.8. The molecule has 2 aliphatic rings. The highest BCUT2D eigenvalue weighted by Crippen LogP contribution is 2.49. The minimum Gasteiger partial charge on any atom is -0.490 e. The maximum Gasteiger partial charge on any atom is 0.234 e. The zero-order valence-electron chi connectivity index (χ0n) is 8.05. The van der Waals surface area contributed by atoms with E-state index in [0.717, 1.165) is 12.8 Å². The van der Waals surface area contributed by atoms with Gasteiger partial charge in [0, 0.05) is 11.1 Å². The molecule has 1 amide bonds. The summed E-state index contributed by atoms with van der Waals surface area (Å²) in [6.45, 7) is 0.464. The Bertz CT molecular complexity index is 440. The number of hydrogen-bond donors (Lipinski definition) is 1. The van der Waals surface area contributed by atoms with Crippen LogP contribution in [0.4, 0.5) is 5.69 Å². The summed E-state index contributed by atoms with van der Waals surface area (Å²) >= 11 is 5.86. The van der Waals surface area contributed by atoms with Crippen molar-refractivity contribution in [3.05, 3.63) is 23.2 Å². The third-order valence-corrected chi connectivity index (χ3v) is 3.27. The van der Waals surface area contributed by atoms with Crippen molar-refractivity contribution in [2.24, 2.45) is 5.41 Å². The Morgan fingerprint density at radius 1 is 1.40 bits per heavy atom. The lowest BCUT2D eigenvalue weighted by Gasteiger charge is -2.08. The highest BCUT2D eigenvalue weighted by atomic mass is 35.5. The topological polar surface area (TPSA) is 38.3 Å². The predicted octanol–water partition coefficient (Wildman–Crippen LogP) is 2.45. The van der Waals surface area contributed by atoms with Gasteiger partial charge in [-0.05, 0) is 25.0 Å². The number of anilines is 1. The fraction of sp³-hybridized carbons (Fsp3) is 0.364. The van der Waals surface area contributed by atoms with Crippen LogP contribution in [-0.4, -0.2) is 12.5 Å². The van der Waals surface area contributed by atoms with Gasteiger partial charge in [-0.15, -0.1) is 0 Å². The van der Waals surface area contributed by atoms with Crippen molar-refractivity contribution in [2.45, 2.75) is 12.8 Å². The summed E-state index contributed by atoms with van der Waals surface area (Å²) in [5.74, 6) is 0.739. The molecule has 4 heteroatoms. The molecule has 1 aliphatic heterocycles. The summed E-state index contributed by atoms with van der Waals surface area (Å²) < 4.78 is 5.61. The Morgan fingerprint density at radius 3 is 2.93 bits per heavy atom. The second-order valence-electron chi connectivity index (χ2n) is 4.16. The molecule has 0 radical (unpaired) electrons. The minimum atomic E-state index is -0.272. The molecule has 3 rings (SSSR count). The van der Waals surface area contributed by atoms with Crippen molar-refractivity contribution in [1.82, 2.24) is 0 Å². The Morgan fingerprint density at radius 2 is 2.20 bits per heavy atom. The van der Waals surface area contributed by atoms with Crippen molar-refractivity contribution < 1.29 is 9.53 Å². The van der Waals surface area contributed by atoms with Crippen molar-refractivity contribution in [3.8, 4) is 5.75 Å². The van der Waals surface area contributed by atoms with Crippen LogP contribution < -0.4 is 10.1 Å². The third kappa shape index (κ3) is 1.38. The number of amides is 1. The highest BCUT2D eigenvalue weighted by Gasteiger charge is 2.52. The van der Waals surface area contributed by atoms with Gasteiger partial charge in [-0.1, -0.05) is 11.6 Å². The van der Waals surface area contributed by atoms with E-state index in [1.165, 1.54) is 0 Å². The van der Waals surface area contributed by atoms with Gasteiger partial charge in [0.2, 0.25) is 5.91 Å². The lowest BCUT2D eigenvalue weighted by atomic mass is 10.1. The molecule has 0 bridgehead atoms. The summed E-state index contributed by atoms with van der Waals surface area (Å²) in [5.41, 5.74) is 0.444. The Kier molecular flexibility index (Phi) is 1.74. The van der Waals surface area contributed by atoms with E-state index in [-0.39, 0.29) is 11.3 Å². The molecule has 78 valence electrons. The van der Waals surface area contributed by atoms with Crippen molar-refractivity contribution in [1.29, 1.82) is 0 Å². The second-order valence-corrected chi connectivity index (χ2v) is 4.60. The van der Waals surface area contributed by atoms with Crippen molar-refractivity contribution >= 4 is 23.2 Å². The van der Waals surface area contributed by atoms with Crippen LogP contribution in [-0.2, 0) is 4.79 Å². The van der Waals surface area contributed by atoms with Gasteiger partial charge >= 0.3 is 0 Å². The van der Waals surface area contributed by atoms with Crippen LogP contribution in [0.2, 0.25) is 5.02 Å². The van der Waals surface area contributed by atoms with Gasteiger partial charge in [0.05, 0.1) is 11.1 Å². The zero-order chi connectivity index (χ0) is 10.5. The van der Waals surface area contributed by atoms with Crippen LogP contribution in [0.1, 0.15) is 12.8 Å². The fourth-order valence-electron chi connectivity index (χ4n) is 1.78. The quantitative estimate of drug-likeness (QED) is 0.734. The van der Waals surface area contributed by atoms with Gasteiger partial charge in [-0.2, -0.15) is 0 Å². The zero-order valence-corrected chi connectivity index (χ0v) is 8.80. The first-order chi connectivity index (χ1) is 7.20. The number of nitrogens with one attached hydrogen (secondary N) is 1. The van der Waals surface area contributed by atoms with Crippen molar-refractivity contribution in [2.75, 3.05) is 11.9 Å².